The summed E-state index contributed by atoms with van der Waals surface area (Å²) in [6, 6.07) is 6.58. The third-order valence-electron chi connectivity index (χ3n) is 2.58. The summed E-state index contributed by atoms with van der Waals surface area (Å²) in [7, 11) is 0. The fraction of sp³-hybridized carbons (Fsp3) is 0.357. The Hall–Kier alpha value is -2.41. The van der Waals surface area contributed by atoms with Crippen molar-refractivity contribution in [1.82, 2.24) is 10.6 Å². The van der Waals surface area contributed by atoms with E-state index >= 15 is 0 Å². The first kappa shape index (κ1) is 16.6. The quantitative estimate of drug-likeness (QED) is 0.559. The van der Waals surface area contributed by atoms with E-state index in [4.69, 9.17) is 5.73 Å². The molecule has 0 unspecified atom stereocenters. The second kappa shape index (κ2) is 8.70. The predicted octanol–water partition coefficient (Wildman–Crippen LogP) is -0.160. The summed E-state index contributed by atoms with van der Waals surface area (Å²) in [5, 5.41) is 7.71. The van der Waals surface area contributed by atoms with Crippen LogP contribution < -0.4 is 21.7 Å². The van der Waals surface area contributed by atoms with Gasteiger partial charge in [0.2, 0.25) is 11.8 Å². The normalized spacial score (nSPS) is 9.81. The molecular formula is C14H20N4O3. The average Bonchev–Trinajstić information content (AvgIpc) is 2.50. The molecule has 0 radical (unpaired) electrons. The van der Waals surface area contributed by atoms with E-state index in [0.717, 1.165) is 6.42 Å². The van der Waals surface area contributed by atoms with Gasteiger partial charge in [0.15, 0.2) is 0 Å². The second-order valence-corrected chi connectivity index (χ2v) is 4.37. The zero-order valence-electron chi connectivity index (χ0n) is 11.9. The number of nitrogens with one attached hydrogen (secondary N) is 3. The summed E-state index contributed by atoms with van der Waals surface area (Å²) in [6.07, 6.45) is 0.850. The fourth-order valence-electron chi connectivity index (χ4n) is 1.53. The van der Waals surface area contributed by atoms with Gasteiger partial charge < -0.3 is 21.7 Å². The van der Waals surface area contributed by atoms with E-state index in [2.05, 4.69) is 16.0 Å². The minimum Gasteiger partial charge on any atom is -0.352 e. The summed E-state index contributed by atoms with van der Waals surface area (Å²) < 4.78 is 0. The molecule has 0 bridgehead atoms. The lowest BCUT2D eigenvalue weighted by molar-refractivity contribution is -0.123. The summed E-state index contributed by atoms with van der Waals surface area (Å²) in [4.78, 5) is 34.4. The maximum absolute atomic E-state index is 11.8. The van der Waals surface area contributed by atoms with Crippen LogP contribution in [0, 0.1) is 0 Å². The maximum atomic E-state index is 11.8. The van der Waals surface area contributed by atoms with E-state index < -0.39 is 5.91 Å². The molecule has 3 amide bonds. The average molecular weight is 292 g/mol. The monoisotopic (exact) mass is 292 g/mol. The molecule has 0 aromatic heterocycles. The van der Waals surface area contributed by atoms with Crippen molar-refractivity contribution in [1.29, 1.82) is 0 Å². The molecule has 0 spiro atoms. The van der Waals surface area contributed by atoms with Crippen molar-refractivity contribution in [3.05, 3.63) is 29.8 Å². The number of hydrogen-bond donors (Lipinski definition) is 4. The van der Waals surface area contributed by atoms with Crippen LogP contribution in [0.1, 0.15) is 23.7 Å². The molecule has 1 rings (SSSR count). The third kappa shape index (κ3) is 6.05. The lowest BCUT2D eigenvalue weighted by Gasteiger charge is -2.08. The smallest absolute Gasteiger partial charge is 0.251 e. The van der Waals surface area contributed by atoms with Crippen LogP contribution in [0.4, 0.5) is 5.69 Å². The molecule has 0 saturated heterocycles. The van der Waals surface area contributed by atoms with Gasteiger partial charge in [-0.1, -0.05) is 13.0 Å². The highest BCUT2D eigenvalue weighted by atomic mass is 16.2. The Morgan fingerprint density at radius 1 is 1.14 bits per heavy atom. The molecule has 1 aromatic rings. The Kier molecular flexibility index (Phi) is 6.90. The fourth-order valence-corrected chi connectivity index (χ4v) is 1.53. The van der Waals surface area contributed by atoms with Gasteiger partial charge in [-0.25, -0.2) is 0 Å². The Morgan fingerprint density at radius 3 is 2.57 bits per heavy atom. The van der Waals surface area contributed by atoms with Gasteiger partial charge in [0, 0.05) is 17.8 Å². The summed E-state index contributed by atoms with van der Waals surface area (Å²) >= 11 is 0. The van der Waals surface area contributed by atoms with E-state index in [-0.39, 0.29) is 24.9 Å². The Balaban J connectivity index is 2.57. The van der Waals surface area contributed by atoms with Crippen LogP contribution in [0.25, 0.3) is 0 Å². The highest BCUT2D eigenvalue weighted by Gasteiger charge is 2.08. The topological polar surface area (TPSA) is 113 Å². The van der Waals surface area contributed by atoms with Gasteiger partial charge in [0.05, 0.1) is 13.1 Å². The highest BCUT2D eigenvalue weighted by Crippen LogP contribution is 2.10. The van der Waals surface area contributed by atoms with Gasteiger partial charge in [0.25, 0.3) is 5.91 Å². The molecule has 7 heteroatoms. The number of hydrogen-bond acceptors (Lipinski definition) is 4. The molecule has 0 atom stereocenters. The van der Waals surface area contributed by atoms with Crippen molar-refractivity contribution in [3.8, 4) is 0 Å². The molecule has 114 valence electrons. The minimum atomic E-state index is -0.405. The van der Waals surface area contributed by atoms with Crippen LogP contribution in [0.2, 0.25) is 0 Å². The number of amides is 3. The van der Waals surface area contributed by atoms with Crippen molar-refractivity contribution >= 4 is 23.4 Å². The Morgan fingerprint density at radius 2 is 1.90 bits per heavy atom. The second-order valence-electron chi connectivity index (χ2n) is 4.37. The van der Waals surface area contributed by atoms with Gasteiger partial charge in [-0.3, -0.25) is 14.4 Å². The number of anilines is 1. The summed E-state index contributed by atoms with van der Waals surface area (Å²) in [5.74, 6) is -0.981. The van der Waals surface area contributed by atoms with Crippen LogP contribution in [-0.2, 0) is 9.59 Å². The van der Waals surface area contributed by atoms with E-state index in [1.165, 1.54) is 0 Å². The van der Waals surface area contributed by atoms with Crippen molar-refractivity contribution in [2.24, 2.45) is 5.73 Å². The maximum Gasteiger partial charge on any atom is 0.251 e. The zero-order chi connectivity index (χ0) is 15.7. The van der Waals surface area contributed by atoms with Crippen molar-refractivity contribution < 1.29 is 14.4 Å². The van der Waals surface area contributed by atoms with Crippen molar-refractivity contribution in [2.75, 3.05) is 25.0 Å². The van der Waals surface area contributed by atoms with Gasteiger partial charge in [-0.2, -0.15) is 0 Å². The first-order valence-electron chi connectivity index (χ1n) is 6.71. The van der Waals surface area contributed by atoms with E-state index in [0.29, 0.717) is 17.8 Å². The Bertz CT molecular complexity index is 517. The van der Waals surface area contributed by atoms with E-state index in [9.17, 15) is 14.4 Å². The van der Waals surface area contributed by atoms with Crippen LogP contribution in [-0.4, -0.2) is 37.4 Å². The number of nitrogens with two attached hydrogens (primary N) is 1. The first-order chi connectivity index (χ1) is 10.1. The van der Waals surface area contributed by atoms with Gasteiger partial charge in [-0.15, -0.1) is 0 Å². The number of benzene rings is 1. The molecule has 0 aliphatic carbocycles. The molecule has 21 heavy (non-hydrogen) atoms. The molecular weight excluding hydrogens is 272 g/mol. The van der Waals surface area contributed by atoms with Gasteiger partial charge >= 0.3 is 0 Å². The van der Waals surface area contributed by atoms with Crippen LogP contribution >= 0.6 is 0 Å². The van der Waals surface area contributed by atoms with E-state index in [1.54, 1.807) is 24.3 Å². The summed E-state index contributed by atoms with van der Waals surface area (Å²) in [6.45, 7) is 2.23. The van der Waals surface area contributed by atoms with E-state index in [1.807, 2.05) is 6.92 Å². The van der Waals surface area contributed by atoms with Gasteiger partial charge in [-0.05, 0) is 24.6 Å². The van der Waals surface area contributed by atoms with Crippen molar-refractivity contribution in [3.63, 3.8) is 0 Å². The minimum absolute atomic E-state index is 0.164. The third-order valence-corrected chi connectivity index (χ3v) is 2.58. The molecule has 0 saturated carbocycles. The largest absolute Gasteiger partial charge is 0.352 e. The van der Waals surface area contributed by atoms with Gasteiger partial charge in [0.1, 0.15) is 0 Å². The number of carbonyl (C=O) groups is 3. The molecule has 0 fully saturated rings. The zero-order valence-corrected chi connectivity index (χ0v) is 11.9. The predicted molar refractivity (Wildman–Crippen MR) is 79.8 cm³/mol. The Labute approximate surface area is 123 Å². The number of rotatable bonds is 7. The summed E-state index contributed by atoms with van der Waals surface area (Å²) in [5.41, 5.74) is 6.07. The lowest BCUT2D eigenvalue weighted by Crippen LogP contribution is -2.36. The first-order valence-corrected chi connectivity index (χ1v) is 6.71. The molecule has 5 N–H and O–H groups in total. The number of carbonyl (C=O) groups excluding carboxylic acids is 3. The molecule has 0 aliphatic rings. The van der Waals surface area contributed by atoms with Crippen LogP contribution in [0.5, 0.6) is 0 Å². The lowest BCUT2D eigenvalue weighted by atomic mass is 10.2. The molecule has 7 nitrogen and oxygen atoms in total. The van der Waals surface area contributed by atoms with Crippen LogP contribution in [0.15, 0.2) is 24.3 Å². The molecule has 0 heterocycles. The standard InChI is InChI=1S/C14H20N4O3/c1-2-6-16-14(21)10-4-3-5-11(7-10)18-13(20)9-17-12(19)8-15/h3-5,7H,2,6,8-9,15H2,1H3,(H,16,21)(H,17,19)(H,18,20). The molecule has 0 aliphatic heterocycles. The molecule has 1 aromatic carbocycles. The highest BCUT2D eigenvalue weighted by molar-refractivity contribution is 5.98. The SMILES string of the molecule is CCCNC(=O)c1cccc(NC(=O)CNC(=O)CN)c1. The van der Waals surface area contributed by atoms with Crippen LogP contribution in [0.3, 0.4) is 0 Å². The van der Waals surface area contributed by atoms with Crippen molar-refractivity contribution in [2.45, 2.75) is 13.3 Å².